The van der Waals surface area contributed by atoms with Crippen molar-refractivity contribution in [1.29, 1.82) is 0 Å². The maximum atomic E-state index is 11.6. The Morgan fingerprint density at radius 1 is 1.27 bits per heavy atom. The van der Waals surface area contributed by atoms with Gasteiger partial charge < -0.3 is 15.5 Å². The first kappa shape index (κ1) is 16.6. The third-order valence-corrected chi connectivity index (χ3v) is 3.89. The van der Waals surface area contributed by atoms with Gasteiger partial charge in [0.25, 0.3) is 0 Å². The van der Waals surface area contributed by atoms with E-state index in [1.165, 1.54) is 0 Å². The summed E-state index contributed by atoms with van der Waals surface area (Å²) in [6, 6.07) is 7.44. The molecule has 1 aliphatic heterocycles. The van der Waals surface area contributed by atoms with Crippen molar-refractivity contribution in [3.63, 3.8) is 0 Å². The third kappa shape index (κ3) is 5.56. The SMILES string of the molecule is O=C(NCCCN1CCCC1=O)NCCc1cccc(Cl)c1. The number of benzene rings is 1. The van der Waals surface area contributed by atoms with Crippen molar-refractivity contribution in [1.82, 2.24) is 15.5 Å². The Labute approximate surface area is 136 Å². The van der Waals surface area contributed by atoms with Crippen molar-refractivity contribution >= 4 is 23.5 Å². The van der Waals surface area contributed by atoms with Crippen molar-refractivity contribution in [3.05, 3.63) is 34.9 Å². The van der Waals surface area contributed by atoms with E-state index >= 15 is 0 Å². The predicted molar refractivity (Wildman–Crippen MR) is 87.0 cm³/mol. The van der Waals surface area contributed by atoms with Gasteiger partial charge in [0, 0.05) is 37.6 Å². The van der Waals surface area contributed by atoms with Crippen LogP contribution in [-0.4, -0.2) is 43.0 Å². The summed E-state index contributed by atoms with van der Waals surface area (Å²) >= 11 is 5.91. The Morgan fingerprint density at radius 3 is 2.82 bits per heavy atom. The minimum absolute atomic E-state index is 0.172. The van der Waals surface area contributed by atoms with Crippen LogP contribution in [0.5, 0.6) is 0 Å². The van der Waals surface area contributed by atoms with Crippen LogP contribution in [0.3, 0.4) is 0 Å². The van der Waals surface area contributed by atoms with E-state index in [0.29, 0.717) is 24.5 Å². The standard InChI is InChI=1S/C16H22ClN3O2/c17-14-5-1-4-13(12-14)7-9-19-16(22)18-8-3-11-20-10-2-6-15(20)21/h1,4-5,12H,2-3,6-11H2,(H2,18,19,22). The largest absolute Gasteiger partial charge is 0.343 e. The fourth-order valence-corrected chi connectivity index (χ4v) is 2.70. The molecule has 1 aliphatic rings. The van der Waals surface area contributed by atoms with Crippen LogP contribution in [0.4, 0.5) is 4.79 Å². The molecule has 2 rings (SSSR count). The molecule has 0 radical (unpaired) electrons. The first-order valence-electron chi connectivity index (χ1n) is 7.69. The van der Waals surface area contributed by atoms with Crippen LogP contribution in [0.15, 0.2) is 24.3 Å². The minimum atomic E-state index is -0.172. The molecule has 0 bridgehead atoms. The van der Waals surface area contributed by atoms with Gasteiger partial charge in [0.15, 0.2) is 0 Å². The maximum Gasteiger partial charge on any atom is 0.314 e. The molecular weight excluding hydrogens is 302 g/mol. The highest BCUT2D eigenvalue weighted by atomic mass is 35.5. The van der Waals surface area contributed by atoms with E-state index in [0.717, 1.165) is 37.9 Å². The second kappa shape index (κ2) is 8.63. The Hall–Kier alpha value is -1.75. The van der Waals surface area contributed by atoms with E-state index in [-0.39, 0.29) is 11.9 Å². The lowest BCUT2D eigenvalue weighted by Gasteiger charge is -2.15. The van der Waals surface area contributed by atoms with Crippen LogP contribution in [0.2, 0.25) is 5.02 Å². The minimum Gasteiger partial charge on any atom is -0.343 e. The molecule has 1 saturated heterocycles. The predicted octanol–water partition coefficient (Wildman–Crippen LogP) is 2.19. The number of nitrogens with zero attached hydrogens (tertiary/aromatic N) is 1. The number of carbonyl (C=O) groups is 2. The molecule has 1 aromatic rings. The number of likely N-dealkylation sites (tertiary alicyclic amines) is 1. The molecule has 0 atom stereocenters. The average Bonchev–Trinajstić information content (AvgIpc) is 2.89. The molecule has 3 amide bonds. The highest BCUT2D eigenvalue weighted by Crippen LogP contribution is 2.10. The Balaban J connectivity index is 1.53. The Kier molecular flexibility index (Phi) is 6.52. The normalized spacial score (nSPS) is 14.2. The highest BCUT2D eigenvalue weighted by Gasteiger charge is 2.18. The lowest BCUT2D eigenvalue weighted by molar-refractivity contribution is -0.127. The molecule has 0 spiro atoms. The molecule has 2 N–H and O–H groups in total. The van der Waals surface area contributed by atoms with Gasteiger partial charge in [-0.3, -0.25) is 4.79 Å². The second-order valence-electron chi connectivity index (χ2n) is 5.40. The van der Waals surface area contributed by atoms with Gasteiger partial charge in [-0.15, -0.1) is 0 Å². The molecular formula is C16H22ClN3O2. The number of hydrogen-bond donors (Lipinski definition) is 2. The van der Waals surface area contributed by atoms with Crippen LogP contribution in [0.25, 0.3) is 0 Å². The number of urea groups is 1. The molecule has 120 valence electrons. The van der Waals surface area contributed by atoms with Crippen molar-refractivity contribution in [3.8, 4) is 0 Å². The number of nitrogens with one attached hydrogen (secondary N) is 2. The topological polar surface area (TPSA) is 61.4 Å². The highest BCUT2D eigenvalue weighted by molar-refractivity contribution is 6.30. The van der Waals surface area contributed by atoms with Crippen LogP contribution >= 0.6 is 11.6 Å². The van der Waals surface area contributed by atoms with E-state index in [4.69, 9.17) is 11.6 Å². The summed E-state index contributed by atoms with van der Waals surface area (Å²) in [5.41, 5.74) is 1.10. The summed E-state index contributed by atoms with van der Waals surface area (Å²) in [6.07, 6.45) is 3.15. The van der Waals surface area contributed by atoms with E-state index in [1.54, 1.807) is 0 Å². The number of hydrogen-bond acceptors (Lipinski definition) is 2. The summed E-state index contributed by atoms with van der Waals surface area (Å²) in [6.45, 7) is 2.72. The number of carbonyl (C=O) groups excluding carboxylic acids is 2. The number of rotatable bonds is 7. The monoisotopic (exact) mass is 323 g/mol. The van der Waals surface area contributed by atoms with E-state index in [2.05, 4.69) is 10.6 Å². The van der Waals surface area contributed by atoms with Gasteiger partial charge in [-0.1, -0.05) is 23.7 Å². The van der Waals surface area contributed by atoms with E-state index in [1.807, 2.05) is 29.2 Å². The zero-order chi connectivity index (χ0) is 15.8. The molecule has 0 unspecified atom stereocenters. The molecule has 0 saturated carbocycles. The van der Waals surface area contributed by atoms with Gasteiger partial charge in [-0.05, 0) is 37.0 Å². The first-order valence-corrected chi connectivity index (χ1v) is 8.07. The summed E-state index contributed by atoms with van der Waals surface area (Å²) in [5, 5.41) is 6.33. The molecule has 1 heterocycles. The van der Waals surface area contributed by atoms with Crippen molar-refractivity contribution in [2.45, 2.75) is 25.7 Å². The van der Waals surface area contributed by atoms with Crippen molar-refractivity contribution < 1.29 is 9.59 Å². The summed E-state index contributed by atoms with van der Waals surface area (Å²) in [4.78, 5) is 24.9. The van der Waals surface area contributed by atoms with Gasteiger partial charge >= 0.3 is 6.03 Å². The quantitative estimate of drug-likeness (QED) is 0.756. The Morgan fingerprint density at radius 2 is 2.09 bits per heavy atom. The lowest BCUT2D eigenvalue weighted by atomic mass is 10.1. The number of amides is 3. The van der Waals surface area contributed by atoms with Crippen molar-refractivity contribution in [2.75, 3.05) is 26.2 Å². The molecule has 1 fully saturated rings. The summed E-state index contributed by atoms with van der Waals surface area (Å²) in [5.74, 6) is 0.228. The van der Waals surface area contributed by atoms with Crippen molar-refractivity contribution in [2.24, 2.45) is 0 Å². The average molecular weight is 324 g/mol. The number of halogens is 1. The third-order valence-electron chi connectivity index (χ3n) is 3.65. The first-order chi connectivity index (χ1) is 10.6. The van der Waals surface area contributed by atoms with Crippen LogP contribution < -0.4 is 10.6 Å². The second-order valence-corrected chi connectivity index (χ2v) is 5.84. The van der Waals surface area contributed by atoms with Gasteiger partial charge in [0.2, 0.25) is 5.91 Å². The van der Waals surface area contributed by atoms with E-state index < -0.39 is 0 Å². The maximum absolute atomic E-state index is 11.6. The van der Waals surface area contributed by atoms with E-state index in [9.17, 15) is 9.59 Å². The van der Waals surface area contributed by atoms with Gasteiger partial charge in [0.1, 0.15) is 0 Å². The zero-order valence-electron chi connectivity index (χ0n) is 12.6. The molecule has 0 aromatic heterocycles. The summed E-state index contributed by atoms with van der Waals surface area (Å²) < 4.78 is 0. The van der Waals surface area contributed by atoms with Gasteiger partial charge in [-0.25, -0.2) is 4.79 Å². The van der Waals surface area contributed by atoms with Crippen LogP contribution in [0.1, 0.15) is 24.8 Å². The molecule has 1 aromatic carbocycles. The smallest absolute Gasteiger partial charge is 0.314 e. The molecule has 0 aliphatic carbocycles. The van der Waals surface area contributed by atoms with Gasteiger partial charge in [-0.2, -0.15) is 0 Å². The Bertz CT molecular complexity index is 522. The van der Waals surface area contributed by atoms with Gasteiger partial charge in [0.05, 0.1) is 0 Å². The molecule has 22 heavy (non-hydrogen) atoms. The van der Waals surface area contributed by atoms with Crippen LogP contribution in [-0.2, 0) is 11.2 Å². The molecule has 5 nitrogen and oxygen atoms in total. The fourth-order valence-electron chi connectivity index (χ4n) is 2.49. The molecule has 6 heteroatoms. The lowest BCUT2D eigenvalue weighted by Crippen LogP contribution is -2.38. The fraction of sp³-hybridized carbons (Fsp3) is 0.500. The summed E-state index contributed by atoms with van der Waals surface area (Å²) in [7, 11) is 0. The van der Waals surface area contributed by atoms with Crippen LogP contribution in [0, 0.1) is 0 Å². The zero-order valence-corrected chi connectivity index (χ0v) is 13.4.